The number of aryl methyl sites for hydroxylation is 1. The molecule has 2 N–H and O–H groups in total. The molecule has 8 heteroatoms. The standard InChI is InChI=1S/C24H22IN3O4/c1-16-7-3-6-10-20(16)26-15-23(29)28-27-14-17-11-12-21(22(13-17)31-2)32-24(30)18-8-4-5-9-19(18)25/h3-14,26H,15H2,1-2H3,(H,28,29)/b27-14+. The van der Waals surface area contributed by atoms with Gasteiger partial charge in [-0.3, -0.25) is 4.79 Å². The molecular weight excluding hydrogens is 521 g/mol. The molecule has 0 aliphatic rings. The molecule has 0 fully saturated rings. The van der Waals surface area contributed by atoms with Gasteiger partial charge in [0, 0.05) is 9.26 Å². The van der Waals surface area contributed by atoms with Crippen molar-refractivity contribution in [2.45, 2.75) is 6.92 Å². The van der Waals surface area contributed by atoms with E-state index in [-0.39, 0.29) is 12.5 Å². The zero-order valence-corrected chi connectivity index (χ0v) is 19.8. The van der Waals surface area contributed by atoms with Crippen LogP contribution in [-0.2, 0) is 4.79 Å². The van der Waals surface area contributed by atoms with Crippen LogP contribution in [0.15, 0.2) is 71.8 Å². The molecule has 1 amide bonds. The zero-order chi connectivity index (χ0) is 22.9. The number of benzene rings is 3. The Morgan fingerprint density at radius 3 is 2.53 bits per heavy atom. The molecule has 3 rings (SSSR count). The number of anilines is 1. The van der Waals surface area contributed by atoms with E-state index in [4.69, 9.17) is 9.47 Å². The number of halogens is 1. The Labute approximate surface area is 200 Å². The molecule has 0 aliphatic carbocycles. The number of hydrogen-bond acceptors (Lipinski definition) is 6. The Balaban J connectivity index is 1.58. The molecule has 0 unspecified atom stereocenters. The van der Waals surface area contributed by atoms with Crippen molar-refractivity contribution in [1.29, 1.82) is 0 Å². The molecule has 0 aromatic heterocycles. The van der Waals surface area contributed by atoms with E-state index < -0.39 is 5.97 Å². The minimum Gasteiger partial charge on any atom is -0.493 e. The average molecular weight is 543 g/mol. The SMILES string of the molecule is COc1cc(/C=N/NC(=O)CNc2ccccc2C)ccc1OC(=O)c1ccccc1I. The fourth-order valence-electron chi connectivity index (χ4n) is 2.80. The summed E-state index contributed by atoms with van der Waals surface area (Å²) in [6.07, 6.45) is 1.49. The number of esters is 1. The molecule has 164 valence electrons. The summed E-state index contributed by atoms with van der Waals surface area (Å²) in [5, 5.41) is 7.04. The van der Waals surface area contributed by atoms with Crippen LogP contribution in [0.2, 0.25) is 0 Å². The maximum absolute atomic E-state index is 12.5. The number of ether oxygens (including phenoxy) is 2. The van der Waals surface area contributed by atoms with Gasteiger partial charge < -0.3 is 14.8 Å². The minimum absolute atomic E-state index is 0.0959. The fourth-order valence-corrected chi connectivity index (χ4v) is 3.40. The van der Waals surface area contributed by atoms with Crippen LogP contribution < -0.4 is 20.2 Å². The van der Waals surface area contributed by atoms with Crippen molar-refractivity contribution in [3.05, 3.63) is 87.0 Å². The molecule has 3 aromatic carbocycles. The Morgan fingerprint density at radius 2 is 1.78 bits per heavy atom. The summed E-state index contributed by atoms with van der Waals surface area (Å²) in [5.74, 6) is -0.0795. The Morgan fingerprint density at radius 1 is 1.03 bits per heavy atom. The third-order valence-electron chi connectivity index (χ3n) is 4.47. The van der Waals surface area contributed by atoms with Gasteiger partial charge in [-0.25, -0.2) is 10.2 Å². The van der Waals surface area contributed by atoms with Gasteiger partial charge in [0.05, 0.1) is 25.4 Å². The Hall–Kier alpha value is -3.40. The second-order valence-corrected chi connectivity index (χ2v) is 7.90. The fraction of sp³-hybridized carbons (Fsp3) is 0.125. The molecule has 0 heterocycles. The molecule has 32 heavy (non-hydrogen) atoms. The van der Waals surface area contributed by atoms with Gasteiger partial charge in [0.1, 0.15) is 0 Å². The van der Waals surface area contributed by atoms with Gasteiger partial charge in [-0.15, -0.1) is 0 Å². The van der Waals surface area contributed by atoms with Gasteiger partial charge in [0.15, 0.2) is 11.5 Å². The van der Waals surface area contributed by atoms with Gasteiger partial charge in [-0.1, -0.05) is 30.3 Å². The normalized spacial score (nSPS) is 10.6. The number of rotatable bonds is 8. The Kier molecular flexibility index (Phi) is 8.20. The lowest BCUT2D eigenvalue weighted by Crippen LogP contribution is -2.26. The largest absolute Gasteiger partial charge is 0.493 e. The monoisotopic (exact) mass is 543 g/mol. The van der Waals surface area contributed by atoms with E-state index in [2.05, 4.69) is 38.4 Å². The summed E-state index contributed by atoms with van der Waals surface area (Å²) in [6.45, 7) is 2.06. The second-order valence-electron chi connectivity index (χ2n) is 6.74. The van der Waals surface area contributed by atoms with Crippen LogP contribution >= 0.6 is 22.6 Å². The van der Waals surface area contributed by atoms with Crippen molar-refractivity contribution >= 4 is 46.4 Å². The van der Waals surface area contributed by atoms with Crippen molar-refractivity contribution < 1.29 is 19.1 Å². The number of para-hydroxylation sites is 1. The summed E-state index contributed by atoms with van der Waals surface area (Å²) >= 11 is 2.08. The summed E-state index contributed by atoms with van der Waals surface area (Å²) in [5.41, 5.74) is 5.57. The summed E-state index contributed by atoms with van der Waals surface area (Å²) < 4.78 is 11.6. The molecule has 0 radical (unpaired) electrons. The van der Waals surface area contributed by atoms with Crippen LogP contribution in [0.4, 0.5) is 5.69 Å². The van der Waals surface area contributed by atoms with E-state index in [0.717, 1.165) is 14.8 Å². The first-order valence-corrected chi connectivity index (χ1v) is 10.8. The highest BCUT2D eigenvalue weighted by Crippen LogP contribution is 2.29. The third kappa shape index (κ3) is 6.30. The van der Waals surface area contributed by atoms with Gasteiger partial charge in [-0.05, 0) is 77.0 Å². The summed E-state index contributed by atoms with van der Waals surface area (Å²) in [4.78, 5) is 24.5. The van der Waals surface area contributed by atoms with Crippen LogP contribution in [0, 0.1) is 10.5 Å². The van der Waals surface area contributed by atoms with Gasteiger partial charge >= 0.3 is 5.97 Å². The minimum atomic E-state index is -0.469. The van der Waals surface area contributed by atoms with Crippen molar-refractivity contribution in [1.82, 2.24) is 5.43 Å². The Bertz CT molecular complexity index is 1150. The van der Waals surface area contributed by atoms with Crippen LogP contribution in [-0.4, -0.2) is 31.7 Å². The second kappa shape index (κ2) is 11.3. The number of nitrogens with one attached hydrogen (secondary N) is 2. The van der Waals surface area contributed by atoms with Crippen molar-refractivity contribution in [3.8, 4) is 11.5 Å². The average Bonchev–Trinajstić information content (AvgIpc) is 2.79. The van der Waals surface area contributed by atoms with E-state index in [1.807, 2.05) is 43.3 Å². The highest BCUT2D eigenvalue weighted by atomic mass is 127. The van der Waals surface area contributed by atoms with Crippen LogP contribution in [0.5, 0.6) is 11.5 Å². The number of amides is 1. The predicted octanol–water partition coefficient (Wildman–Crippen LogP) is 4.39. The molecule has 0 saturated carbocycles. The molecule has 7 nitrogen and oxygen atoms in total. The van der Waals surface area contributed by atoms with E-state index in [1.54, 1.807) is 30.3 Å². The summed E-state index contributed by atoms with van der Waals surface area (Å²) in [6, 6.07) is 19.9. The number of nitrogens with zero attached hydrogens (tertiary/aromatic N) is 1. The number of methoxy groups -OCH3 is 1. The van der Waals surface area contributed by atoms with Gasteiger partial charge in [0.25, 0.3) is 5.91 Å². The third-order valence-corrected chi connectivity index (χ3v) is 5.41. The predicted molar refractivity (Wildman–Crippen MR) is 133 cm³/mol. The molecule has 0 atom stereocenters. The quantitative estimate of drug-likeness (QED) is 0.145. The molecule has 0 aliphatic heterocycles. The number of carbonyl (C=O) groups is 2. The number of carbonyl (C=O) groups excluding carboxylic acids is 2. The van der Waals surface area contributed by atoms with E-state index in [0.29, 0.717) is 22.6 Å². The number of hydrogen-bond donors (Lipinski definition) is 2. The summed E-state index contributed by atoms with van der Waals surface area (Å²) in [7, 11) is 1.49. The lowest BCUT2D eigenvalue weighted by molar-refractivity contribution is -0.119. The van der Waals surface area contributed by atoms with Crippen LogP contribution in [0.3, 0.4) is 0 Å². The lowest BCUT2D eigenvalue weighted by Gasteiger charge is -2.10. The molecule has 0 bridgehead atoms. The topological polar surface area (TPSA) is 89.0 Å². The van der Waals surface area contributed by atoms with Crippen molar-refractivity contribution in [2.24, 2.45) is 5.10 Å². The smallest absolute Gasteiger partial charge is 0.344 e. The van der Waals surface area contributed by atoms with Gasteiger partial charge in [-0.2, -0.15) is 5.10 Å². The first-order valence-electron chi connectivity index (χ1n) is 9.74. The molecule has 0 saturated heterocycles. The van der Waals surface area contributed by atoms with Crippen LogP contribution in [0.25, 0.3) is 0 Å². The highest BCUT2D eigenvalue weighted by molar-refractivity contribution is 14.1. The van der Waals surface area contributed by atoms with Crippen molar-refractivity contribution in [2.75, 3.05) is 19.0 Å². The lowest BCUT2D eigenvalue weighted by atomic mass is 10.2. The first-order chi connectivity index (χ1) is 15.5. The zero-order valence-electron chi connectivity index (χ0n) is 17.6. The maximum Gasteiger partial charge on any atom is 0.344 e. The number of hydrazone groups is 1. The molecule has 0 spiro atoms. The molecule has 3 aromatic rings. The maximum atomic E-state index is 12.5. The van der Waals surface area contributed by atoms with Gasteiger partial charge in [0.2, 0.25) is 0 Å². The van der Waals surface area contributed by atoms with Crippen LogP contribution in [0.1, 0.15) is 21.5 Å². The molecular formula is C24H22IN3O4. The van der Waals surface area contributed by atoms with Crippen molar-refractivity contribution in [3.63, 3.8) is 0 Å². The van der Waals surface area contributed by atoms with E-state index in [9.17, 15) is 9.59 Å². The van der Waals surface area contributed by atoms with E-state index >= 15 is 0 Å². The van der Waals surface area contributed by atoms with E-state index in [1.165, 1.54) is 13.3 Å². The highest BCUT2D eigenvalue weighted by Gasteiger charge is 2.15. The first kappa shape index (κ1) is 23.3.